The number of nitrogens with two attached hydrogens (primary N) is 1. The number of aromatic nitrogens is 1. The summed E-state index contributed by atoms with van der Waals surface area (Å²) in [5.74, 6) is -1.30. The number of carboxylic acids is 1. The van der Waals surface area contributed by atoms with Crippen molar-refractivity contribution in [1.82, 2.24) is 4.57 Å². The summed E-state index contributed by atoms with van der Waals surface area (Å²) in [6.07, 6.45) is 4.33. The number of fused-ring (bicyclic) bond motifs is 1. The van der Waals surface area contributed by atoms with Crippen molar-refractivity contribution in [1.29, 1.82) is 0 Å². The summed E-state index contributed by atoms with van der Waals surface area (Å²) in [6.45, 7) is 3.93. The molecule has 3 N–H and O–H groups in total. The summed E-state index contributed by atoms with van der Waals surface area (Å²) >= 11 is 0. The average molecular weight is 316 g/mol. The standard InChI is InChI=1S/C18H24N2O3/c1-4-5-6-7-15-14(10-17(19)21)13-8-11(2)12(18(22)23)9-16(13)20(15)3/h8-9H,4-7,10H2,1-3H3,(H2,19,21)(H,22,23). The van der Waals surface area contributed by atoms with E-state index in [2.05, 4.69) is 6.92 Å². The molecule has 1 aromatic carbocycles. The number of carbonyl (C=O) groups excluding carboxylic acids is 1. The maximum Gasteiger partial charge on any atom is 0.336 e. The van der Waals surface area contributed by atoms with Crippen molar-refractivity contribution < 1.29 is 14.7 Å². The lowest BCUT2D eigenvalue weighted by atomic mass is 10.00. The van der Waals surface area contributed by atoms with Crippen LogP contribution < -0.4 is 5.73 Å². The number of nitrogens with zero attached hydrogens (tertiary/aromatic N) is 1. The zero-order chi connectivity index (χ0) is 17.1. The van der Waals surface area contributed by atoms with E-state index in [1.807, 2.05) is 17.7 Å². The lowest BCUT2D eigenvalue weighted by Crippen LogP contribution is -2.15. The van der Waals surface area contributed by atoms with Crippen LogP contribution in [0.5, 0.6) is 0 Å². The molecule has 5 heteroatoms. The van der Waals surface area contributed by atoms with Gasteiger partial charge < -0.3 is 15.4 Å². The van der Waals surface area contributed by atoms with Crippen LogP contribution in [0.3, 0.4) is 0 Å². The number of amides is 1. The van der Waals surface area contributed by atoms with E-state index < -0.39 is 5.97 Å². The first-order valence-electron chi connectivity index (χ1n) is 7.99. The number of carboxylic acid groups (broad SMARTS) is 1. The molecule has 124 valence electrons. The van der Waals surface area contributed by atoms with Gasteiger partial charge in [-0.25, -0.2) is 4.79 Å². The number of hydrogen-bond donors (Lipinski definition) is 2. The summed E-state index contributed by atoms with van der Waals surface area (Å²) in [4.78, 5) is 22.9. The number of benzene rings is 1. The number of unbranched alkanes of at least 4 members (excludes halogenated alkanes) is 2. The van der Waals surface area contributed by atoms with Gasteiger partial charge in [0.05, 0.1) is 12.0 Å². The largest absolute Gasteiger partial charge is 0.478 e. The van der Waals surface area contributed by atoms with E-state index >= 15 is 0 Å². The fourth-order valence-electron chi connectivity index (χ4n) is 3.18. The van der Waals surface area contributed by atoms with Crippen LogP contribution in [0, 0.1) is 6.92 Å². The molecule has 0 radical (unpaired) electrons. The molecule has 0 aliphatic rings. The van der Waals surface area contributed by atoms with E-state index in [0.717, 1.165) is 47.8 Å². The summed E-state index contributed by atoms with van der Waals surface area (Å²) in [5, 5.41) is 10.3. The number of primary amides is 1. The van der Waals surface area contributed by atoms with Crippen molar-refractivity contribution in [3.05, 3.63) is 34.5 Å². The third kappa shape index (κ3) is 3.38. The quantitative estimate of drug-likeness (QED) is 0.770. The van der Waals surface area contributed by atoms with E-state index in [4.69, 9.17) is 5.73 Å². The van der Waals surface area contributed by atoms with Crippen LogP contribution in [0.25, 0.3) is 10.9 Å². The van der Waals surface area contributed by atoms with Gasteiger partial charge in [-0.3, -0.25) is 4.79 Å². The van der Waals surface area contributed by atoms with E-state index in [1.54, 1.807) is 13.0 Å². The molecule has 0 spiro atoms. The molecule has 1 heterocycles. The number of aromatic carboxylic acids is 1. The second kappa shape index (κ2) is 6.86. The van der Waals surface area contributed by atoms with Gasteiger partial charge in [-0.05, 0) is 43.0 Å². The van der Waals surface area contributed by atoms with Gasteiger partial charge in [-0.15, -0.1) is 0 Å². The minimum atomic E-state index is -0.936. The highest BCUT2D eigenvalue weighted by Crippen LogP contribution is 2.30. The summed E-state index contributed by atoms with van der Waals surface area (Å²) in [5.41, 5.74) is 9.27. The highest BCUT2D eigenvalue weighted by Gasteiger charge is 2.19. The molecule has 0 aliphatic carbocycles. The van der Waals surface area contributed by atoms with Crippen LogP contribution >= 0.6 is 0 Å². The topological polar surface area (TPSA) is 85.3 Å². The van der Waals surface area contributed by atoms with Crippen molar-refractivity contribution >= 4 is 22.8 Å². The second-order valence-corrected chi connectivity index (χ2v) is 6.07. The lowest BCUT2D eigenvalue weighted by Gasteiger charge is -2.07. The monoisotopic (exact) mass is 316 g/mol. The smallest absolute Gasteiger partial charge is 0.336 e. The normalized spacial score (nSPS) is 11.1. The molecule has 0 atom stereocenters. The Balaban J connectivity index is 2.64. The first-order valence-corrected chi connectivity index (χ1v) is 7.99. The van der Waals surface area contributed by atoms with E-state index in [0.29, 0.717) is 11.1 Å². The zero-order valence-corrected chi connectivity index (χ0v) is 14.0. The van der Waals surface area contributed by atoms with Gasteiger partial charge in [0.15, 0.2) is 0 Å². The van der Waals surface area contributed by atoms with Crippen LogP contribution in [0.1, 0.15) is 53.4 Å². The Morgan fingerprint density at radius 2 is 1.96 bits per heavy atom. The fourth-order valence-corrected chi connectivity index (χ4v) is 3.18. The third-order valence-electron chi connectivity index (χ3n) is 4.38. The van der Waals surface area contributed by atoms with Crippen molar-refractivity contribution in [2.45, 2.75) is 46.0 Å². The molecular formula is C18H24N2O3. The van der Waals surface area contributed by atoms with Gasteiger partial charge in [0.2, 0.25) is 5.91 Å². The summed E-state index contributed by atoms with van der Waals surface area (Å²) in [7, 11) is 1.93. The maximum atomic E-state index is 11.5. The predicted molar refractivity (Wildman–Crippen MR) is 90.7 cm³/mol. The minimum Gasteiger partial charge on any atom is -0.478 e. The third-order valence-corrected chi connectivity index (χ3v) is 4.38. The minimum absolute atomic E-state index is 0.185. The molecule has 0 saturated carbocycles. The highest BCUT2D eigenvalue weighted by molar-refractivity contribution is 5.98. The van der Waals surface area contributed by atoms with Gasteiger partial charge in [0.1, 0.15) is 0 Å². The Morgan fingerprint density at radius 1 is 1.26 bits per heavy atom. The Labute approximate surface area is 136 Å². The molecule has 0 saturated heterocycles. The van der Waals surface area contributed by atoms with Crippen LogP contribution in [0.2, 0.25) is 0 Å². The zero-order valence-electron chi connectivity index (χ0n) is 14.0. The molecular weight excluding hydrogens is 292 g/mol. The lowest BCUT2D eigenvalue weighted by molar-refractivity contribution is -0.117. The molecule has 0 unspecified atom stereocenters. The number of aryl methyl sites for hydroxylation is 2. The molecule has 1 aromatic heterocycles. The second-order valence-electron chi connectivity index (χ2n) is 6.07. The van der Waals surface area contributed by atoms with E-state index in [1.165, 1.54) is 0 Å². The van der Waals surface area contributed by atoms with E-state index in [-0.39, 0.29) is 12.3 Å². The molecule has 0 fully saturated rings. The number of carbonyl (C=O) groups is 2. The first kappa shape index (κ1) is 17.1. The maximum absolute atomic E-state index is 11.5. The Bertz CT molecular complexity index is 759. The van der Waals surface area contributed by atoms with Crippen molar-refractivity contribution in [2.75, 3.05) is 0 Å². The van der Waals surface area contributed by atoms with Gasteiger partial charge in [0.25, 0.3) is 0 Å². The highest BCUT2D eigenvalue weighted by atomic mass is 16.4. The van der Waals surface area contributed by atoms with Crippen molar-refractivity contribution in [3.63, 3.8) is 0 Å². The van der Waals surface area contributed by atoms with Crippen molar-refractivity contribution in [2.24, 2.45) is 12.8 Å². The SMILES string of the molecule is CCCCCc1c(CC(N)=O)c2cc(C)c(C(=O)O)cc2n1C. The molecule has 23 heavy (non-hydrogen) atoms. The Morgan fingerprint density at radius 3 is 2.52 bits per heavy atom. The van der Waals surface area contributed by atoms with Gasteiger partial charge in [0, 0.05) is 23.6 Å². The number of rotatable bonds is 7. The first-order chi connectivity index (χ1) is 10.9. The molecule has 2 rings (SSSR count). The fraction of sp³-hybridized carbons (Fsp3) is 0.444. The van der Waals surface area contributed by atoms with Gasteiger partial charge in [-0.1, -0.05) is 19.8 Å². The Hall–Kier alpha value is -2.30. The Kier molecular flexibility index (Phi) is 5.08. The predicted octanol–water partition coefficient (Wildman–Crippen LogP) is 2.95. The molecule has 1 amide bonds. The number of hydrogen-bond acceptors (Lipinski definition) is 2. The average Bonchev–Trinajstić information content (AvgIpc) is 2.71. The van der Waals surface area contributed by atoms with Crippen LogP contribution in [0.4, 0.5) is 0 Å². The van der Waals surface area contributed by atoms with Gasteiger partial charge in [-0.2, -0.15) is 0 Å². The molecule has 2 aromatic rings. The van der Waals surface area contributed by atoms with E-state index in [9.17, 15) is 14.7 Å². The molecule has 0 aliphatic heterocycles. The van der Waals surface area contributed by atoms with Crippen LogP contribution in [-0.2, 0) is 24.7 Å². The van der Waals surface area contributed by atoms with Crippen LogP contribution in [0.15, 0.2) is 12.1 Å². The van der Waals surface area contributed by atoms with Crippen molar-refractivity contribution in [3.8, 4) is 0 Å². The molecule has 5 nitrogen and oxygen atoms in total. The van der Waals surface area contributed by atoms with Gasteiger partial charge >= 0.3 is 5.97 Å². The summed E-state index contributed by atoms with van der Waals surface area (Å²) < 4.78 is 2.01. The van der Waals surface area contributed by atoms with Crippen LogP contribution in [-0.4, -0.2) is 21.6 Å². The molecule has 0 bridgehead atoms. The summed E-state index contributed by atoms with van der Waals surface area (Å²) in [6, 6.07) is 3.56.